The van der Waals surface area contributed by atoms with Gasteiger partial charge in [-0.15, -0.1) is 0 Å². The summed E-state index contributed by atoms with van der Waals surface area (Å²) < 4.78 is 6.61. The highest BCUT2D eigenvalue weighted by molar-refractivity contribution is 5.79. The molecule has 2 saturated carbocycles. The van der Waals surface area contributed by atoms with E-state index < -0.39 is 11.0 Å². The van der Waals surface area contributed by atoms with E-state index in [1.165, 1.54) is 18.4 Å². The molecular formula is C29H35N3O4. The number of phenols is 1. The molecule has 5 atom stereocenters. The van der Waals surface area contributed by atoms with Crippen LogP contribution < -0.4 is 10.5 Å². The zero-order valence-corrected chi connectivity index (χ0v) is 20.8. The van der Waals surface area contributed by atoms with E-state index in [1.54, 1.807) is 6.07 Å². The number of hydrogen-bond acceptors (Lipinski definition) is 6. The van der Waals surface area contributed by atoms with E-state index in [-0.39, 0.29) is 36.3 Å². The first-order valence-electron chi connectivity index (χ1n) is 13.4. The molecule has 7 nitrogen and oxygen atoms in total. The number of likely N-dealkylation sites (N-methyl/N-ethyl adjacent to an activating group) is 1. The second-order valence-electron chi connectivity index (χ2n) is 11.8. The van der Waals surface area contributed by atoms with Crippen LogP contribution in [-0.4, -0.2) is 69.8 Å². The maximum atomic E-state index is 13.5. The Kier molecular flexibility index (Phi) is 4.75. The van der Waals surface area contributed by atoms with Crippen molar-refractivity contribution in [1.29, 1.82) is 0 Å². The van der Waals surface area contributed by atoms with Crippen molar-refractivity contribution in [3.8, 4) is 11.5 Å². The van der Waals surface area contributed by atoms with Gasteiger partial charge >= 0.3 is 0 Å². The lowest BCUT2D eigenvalue weighted by Gasteiger charge is -2.64. The fourth-order valence-corrected chi connectivity index (χ4v) is 8.04. The van der Waals surface area contributed by atoms with E-state index in [4.69, 9.17) is 10.5 Å². The summed E-state index contributed by atoms with van der Waals surface area (Å²) in [6.07, 6.45) is 5.29. The van der Waals surface area contributed by atoms with Crippen LogP contribution >= 0.6 is 0 Å². The van der Waals surface area contributed by atoms with Gasteiger partial charge in [0, 0.05) is 30.9 Å². The number of amides is 1. The number of nitrogens with two attached hydrogens (primary N) is 1. The highest BCUT2D eigenvalue weighted by atomic mass is 16.5. The maximum Gasteiger partial charge on any atom is 0.227 e. The zero-order valence-electron chi connectivity index (χ0n) is 20.8. The Morgan fingerprint density at radius 1 is 1.22 bits per heavy atom. The van der Waals surface area contributed by atoms with E-state index in [0.29, 0.717) is 24.3 Å². The molecule has 4 N–H and O–H groups in total. The van der Waals surface area contributed by atoms with E-state index in [1.807, 2.05) is 42.3 Å². The lowest BCUT2D eigenvalue weighted by atomic mass is 9.48. The third kappa shape index (κ3) is 2.96. The number of piperidine rings is 1. The van der Waals surface area contributed by atoms with Crippen molar-refractivity contribution in [2.24, 2.45) is 5.92 Å². The molecule has 1 spiro atoms. The number of aromatic hydroxyl groups is 1. The first-order valence-corrected chi connectivity index (χ1v) is 13.4. The van der Waals surface area contributed by atoms with E-state index in [9.17, 15) is 15.0 Å². The lowest BCUT2D eigenvalue weighted by Crippen LogP contribution is -2.78. The molecule has 0 radical (unpaired) electrons. The van der Waals surface area contributed by atoms with Crippen molar-refractivity contribution in [2.75, 3.05) is 25.9 Å². The van der Waals surface area contributed by atoms with Crippen LogP contribution in [0, 0.1) is 5.92 Å². The molecule has 3 fully saturated rings. The van der Waals surface area contributed by atoms with Gasteiger partial charge in [-0.25, -0.2) is 0 Å². The van der Waals surface area contributed by atoms with Crippen molar-refractivity contribution < 1.29 is 19.7 Å². The highest BCUT2D eigenvalue weighted by Crippen LogP contribution is 2.66. The Morgan fingerprint density at radius 3 is 2.83 bits per heavy atom. The molecule has 2 aromatic carbocycles. The summed E-state index contributed by atoms with van der Waals surface area (Å²) in [7, 11) is 1.86. The van der Waals surface area contributed by atoms with Gasteiger partial charge < -0.3 is 25.6 Å². The Balaban J connectivity index is 1.26. The number of aliphatic hydroxyl groups is 1. The number of ether oxygens (including phenoxy) is 1. The molecule has 1 amide bonds. The molecule has 36 heavy (non-hydrogen) atoms. The fourth-order valence-electron chi connectivity index (χ4n) is 8.04. The normalized spacial score (nSPS) is 34.1. The molecule has 2 aliphatic heterocycles. The molecule has 2 bridgehead atoms. The number of benzene rings is 2. The smallest absolute Gasteiger partial charge is 0.227 e. The summed E-state index contributed by atoms with van der Waals surface area (Å²) in [5, 5.41) is 23.4. The third-order valence-corrected chi connectivity index (χ3v) is 9.93. The molecule has 2 aromatic rings. The van der Waals surface area contributed by atoms with Crippen LogP contribution in [0.15, 0.2) is 36.4 Å². The van der Waals surface area contributed by atoms with E-state index >= 15 is 0 Å². The molecular weight excluding hydrogens is 454 g/mol. The van der Waals surface area contributed by atoms with E-state index in [0.717, 1.165) is 43.0 Å². The minimum absolute atomic E-state index is 0.00923. The van der Waals surface area contributed by atoms with Crippen LogP contribution in [0.4, 0.5) is 5.69 Å². The van der Waals surface area contributed by atoms with Crippen LogP contribution in [0.3, 0.4) is 0 Å². The van der Waals surface area contributed by atoms with Gasteiger partial charge in [-0.05, 0) is 80.3 Å². The van der Waals surface area contributed by atoms with Gasteiger partial charge in [0.05, 0.1) is 23.5 Å². The van der Waals surface area contributed by atoms with Crippen molar-refractivity contribution >= 4 is 11.6 Å². The standard InChI is InChI=1S/C29H35N3O4/c1-31(24(34)14-18-3-2-4-20(30)13-18)21-9-10-29(35)23-15-19-7-8-22(33)26-25(19)28(29,27(21)36-26)11-12-32(23)16-17-5-6-17/h2-4,7-8,13,17,21,23,27,33,35H,5-6,9-12,14-16,30H2,1H3/t21-,23+,27-,28-,29+/m0/s1. The number of nitrogen functional groups attached to an aromatic ring is 1. The number of rotatable bonds is 5. The summed E-state index contributed by atoms with van der Waals surface area (Å²) >= 11 is 0. The molecule has 0 unspecified atom stereocenters. The van der Waals surface area contributed by atoms with Crippen molar-refractivity contribution in [2.45, 2.75) is 74.1 Å². The number of nitrogens with zero attached hydrogens (tertiary/aromatic N) is 2. The van der Waals surface area contributed by atoms with Crippen LogP contribution in [0.2, 0.25) is 0 Å². The first kappa shape index (κ1) is 22.4. The maximum absolute atomic E-state index is 13.5. The minimum atomic E-state index is -0.939. The number of carbonyl (C=O) groups is 1. The quantitative estimate of drug-likeness (QED) is 0.559. The van der Waals surface area contributed by atoms with Crippen molar-refractivity contribution in [1.82, 2.24) is 9.80 Å². The first-order chi connectivity index (χ1) is 17.3. The number of likely N-dealkylation sites (tertiary alicyclic amines) is 1. The highest BCUT2D eigenvalue weighted by Gasteiger charge is 2.73. The van der Waals surface area contributed by atoms with Crippen LogP contribution in [-0.2, 0) is 23.1 Å². The van der Waals surface area contributed by atoms with Crippen LogP contribution in [0.25, 0.3) is 0 Å². The Labute approximate surface area is 211 Å². The number of carbonyl (C=O) groups excluding carboxylic acids is 1. The molecule has 2 heterocycles. The molecule has 5 aliphatic rings. The SMILES string of the molecule is CN(C(=O)Cc1cccc(N)c1)[C@H]1CC[C@@]2(O)[C@H]3Cc4ccc(O)c5c4[C@@]2(CCN3CC2CC2)[C@H]1O5. The summed E-state index contributed by atoms with van der Waals surface area (Å²) in [5.41, 5.74) is 8.09. The molecule has 1 saturated heterocycles. The Morgan fingerprint density at radius 2 is 2.06 bits per heavy atom. The van der Waals surface area contributed by atoms with Crippen LogP contribution in [0.5, 0.6) is 11.5 Å². The largest absolute Gasteiger partial charge is 0.504 e. The fraction of sp³-hybridized carbons (Fsp3) is 0.552. The second kappa shape index (κ2) is 7.62. The van der Waals surface area contributed by atoms with Crippen LogP contribution in [0.1, 0.15) is 48.8 Å². The predicted octanol–water partition coefficient (Wildman–Crippen LogP) is 2.61. The molecule has 7 rings (SSSR count). The Bertz CT molecular complexity index is 1250. The van der Waals surface area contributed by atoms with Gasteiger partial charge in [-0.2, -0.15) is 0 Å². The van der Waals surface area contributed by atoms with Gasteiger partial charge in [0.2, 0.25) is 5.91 Å². The summed E-state index contributed by atoms with van der Waals surface area (Å²) in [4.78, 5) is 17.8. The van der Waals surface area contributed by atoms with Crippen molar-refractivity contribution in [3.05, 3.63) is 53.1 Å². The molecule has 0 aromatic heterocycles. The van der Waals surface area contributed by atoms with E-state index in [2.05, 4.69) is 4.90 Å². The number of hydrogen-bond donors (Lipinski definition) is 3. The molecule has 3 aliphatic carbocycles. The number of phenolic OH excluding ortho intramolecular Hbond substituents is 1. The van der Waals surface area contributed by atoms with Gasteiger partial charge in [0.15, 0.2) is 11.5 Å². The average molecular weight is 490 g/mol. The van der Waals surface area contributed by atoms with Gasteiger partial charge in [-0.1, -0.05) is 18.2 Å². The van der Waals surface area contributed by atoms with Crippen molar-refractivity contribution in [3.63, 3.8) is 0 Å². The zero-order chi connectivity index (χ0) is 24.8. The van der Waals surface area contributed by atoms with Gasteiger partial charge in [-0.3, -0.25) is 9.69 Å². The Hall–Kier alpha value is -2.77. The average Bonchev–Trinajstić information content (AvgIpc) is 3.59. The number of anilines is 1. The summed E-state index contributed by atoms with van der Waals surface area (Å²) in [6.45, 7) is 1.96. The molecule has 7 heteroatoms. The van der Waals surface area contributed by atoms with Gasteiger partial charge in [0.25, 0.3) is 0 Å². The summed E-state index contributed by atoms with van der Waals surface area (Å²) in [6, 6.07) is 11.1. The van der Waals surface area contributed by atoms with Gasteiger partial charge in [0.1, 0.15) is 6.10 Å². The summed E-state index contributed by atoms with van der Waals surface area (Å²) in [5.74, 6) is 1.41. The third-order valence-electron chi connectivity index (χ3n) is 9.93. The monoisotopic (exact) mass is 489 g/mol. The predicted molar refractivity (Wildman–Crippen MR) is 136 cm³/mol. The molecule has 190 valence electrons. The topological polar surface area (TPSA) is 99.3 Å². The minimum Gasteiger partial charge on any atom is -0.504 e. The lowest BCUT2D eigenvalue weighted by molar-refractivity contribution is -0.200. The second-order valence-corrected chi connectivity index (χ2v) is 11.8.